The molecule has 0 aliphatic heterocycles. The van der Waals surface area contributed by atoms with Crippen LogP contribution in [-0.4, -0.2) is 28.9 Å². The van der Waals surface area contributed by atoms with E-state index in [-0.39, 0.29) is 5.91 Å². The van der Waals surface area contributed by atoms with Crippen LogP contribution in [0.25, 0.3) is 10.9 Å². The van der Waals surface area contributed by atoms with E-state index in [1.807, 2.05) is 36.2 Å². The zero-order chi connectivity index (χ0) is 14.1. The first-order valence-electron chi connectivity index (χ1n) is 7.31. The minimum Gasteiger partial charge on any atom is -0.397 e. The van der Waals surface area contributed by atoms with Gasteiger partial charge in [0, 0.05) is 18.5 Å². The van der Waals surface area contributed by atoms with Gasteiger partial charge >= 0.3 is 0 Å². The molecule has 1 fully saturated rings. The van der Waals surface area contributed by atoms with Crippen LogP contribution in [0, 0.1) is 0 Å². The summed E-state index contributed by atoms with van der Waals surface area (Å²) in [6.45, 7) is 0. The van der Waals surface area contributed by atoms with Crippen LogP contribution in [0.3, 0.4) is 0 Å². The SMILES string of the molecule is CN(C(=O)c1cc2cccc(N)c2[nH]1)C1CCCCC1. The van der Waals surface area contributed by atoms with E-state index >= 15 is 0 Å². The van der Waals surface area contributed by atoms with Gasteiger partial charge in [-0.15, -0.1) is 0 Å². The van der Waals surface area contributed by atoms with Gasteiger partial charge in [0.25, 0.3) is 5.91 Å². The van der Waals surface area contributed by atoms with Crippen LogP contribution >= 0.6 is 0 Å². The number of benzene rings is 1. The molecular weight excluding hydrogens is 250 g/mol. The van der Waals surface area contributed by atoms with Gasteiger partial charge in [-0.1, -0.05) is 31.4 Å². The molecule has 1 aromatic carbocycles. The normalized spacial score (nSPS) is 16.4. The summed E-state index contributed by atoms with van der Waals surface area (Å²) in [7, 11) is 1.91. The van der Waals surface area contributed by atoms with E-state index in [9.17, 15) is 4.79 Å². The Bertz CT molecular complexity index is 626. The molecule has 0 saturated heterocycles. The van der Waals surface area contributed by atoms with E-state index in [4.69, 9.17) is 5.73 Å². The number of amides is 1. The molecule has 106 valence electrons. The van der Waals surface area contributed by atoms with Crippen LogP contribution < -0.4 is 5.73 Å². The third kappa shape index (κ3) is 2.26. The standard InChI is InChI=1S/C16H21N3O/c1-19(12-7-3-2-4-8-12)16(20)14-10-11-6-5-9-13(17)15(11)18-14/h5-6,9-10,12,18H,2-4,7-8,17H2,1H3. The molecule has 0 spiro atoms. The van der Waals surface area contributed by atoms with E-state index in [2.05, 4.69) is 4.98 Å². The number of para-hydroxylation sites is 1. The summed E-state index contributed by atoms with van der Waals surface area (Å²) in [4.78, 5) is 17.6. The third-order valence-electron chi connectivity index (χ3n) is 4.36. The lowest BCUT2D eigenvalue weighted by Gasteiger charge is -2.30. The van der Waals surface area contributed by atoms with Crippen molar-refractivity contribution in [2.75, 3.05) is 12.8 Å². The van der Waals surface area contributed by atoms with Crippen molar-refractivity contribution in [1.29, 1.82) is 0 Å². The molecule has 0 unspecified atom stereocenters. The van der Waals surface area contributed by atoms with E-state index in [1.165, 1.54) is 19.3 Å². The summed E-state index contributed by atoms with van der Waals surface area (Å²) < 4.78 is 0. The van der Waals surface area contributed by atoms with Crippen LogP contribution in [0.2, 0.25) is 0 Å². The second-order valence-corrected chi connectivity index (χ2v) is 5.70. The summed E-state index contributed by atoms with van der Waals surface area (Å²) >= 11 is 0. The highest BCUT2D eigenvalue weighted by molar-refractivity contribution is 6.00. The molecule has 4 heteroatoms. The second kappa shape index (κ2) is 5.19. The van der Waals surface area contributed by atoms with Crippen LogP contribution in [0.5, 0.6) is 0 Å². The van der Waals surface area contributed by atoms with Gasteiger partial charge in [-0.2, -0.15) is 0 Å². The highest BCUT2D eigenvalue weighted by Gasteiger charge is 2.24. The highest BCUT2D eigenvalue weighted by atomic mass is 16.2. The molecule has 1 aromatic heterocycles. The molecule has 1 aliphatic rings. The number of nitrogens with one attached hydrogen (secondary N) is 1. The molecule has 0 bridgehead atoms. The number of hydrogen-bond acceptors (Lipinski definition) is 2. The zero-order valence-corrected chi connectivity index (χ0v) is 11.9. The summed E-state index contributed by atoms with van der Waals surface area (Å²) in [5, 5.41) is 0.991. The first-order chi connectivity index (χ1) is 9.66. The van der Waals surface area contributed by atoms with Gasteiger partial charge in [-0.3, -0.25) is 4.79 Å². The molecule has 0 atom stereocenters. The Balaban J connectivity index is 1.86. The van der Waals surface area contributed by atoms with Gasteiger partial charge in [0.15, 0.2) is 0 Å². The Morgan fingerprint density at radius 1 is 1.30 bits per heavy atom. The minimum absolute atomic E-state index is 0.0625. The Hall–Kier alpha value is -1.97. The maximum Gasteiger partial charge on any atom is 0.270 e. The van der Waals surface area contributed by atoms with E-state index in [0.717, 1.165) is 23.7 Å². The number of nitrogen functional groups attached to an aromatic ring is 1. The molecule has 1 saturated carbocycles. The van der Waals surface area contributed by atoms with Crippen LogP contribution in [0.4, 0.5) is 5.69 Å². The number of carbonyl (C=O) groups is 1. The Morgan fingerprint density at radius 2 is 2.05 bits per heavy atom. The minimum atomic E-state index is 0.0625. The fourth-order valence-electron chi connectivity index (χ4n) is 3.12. The van der Waals surface area contributed by atoms with Gasteiger partial charge < -0.3 is 15.6 Å². The van der Waals surface area contributed by atoms with Crippen molar-refractivity contribution in [3.05, 3.63) is 30.0 Å². The topological polar surface area (TPSA) is 62.1 Å². The lowest BCUT2D eigenvalue weighted by atomic mass is 9.94. The van der Waals surface area contributed by atoms with Crippen molar-refractivity contribution < 1.29 is 4.79 Å². The predicted molar refractivity (Wildman–Crippen MR) is 81.7 cm³/mol. The fraction of sp³-hybridized carbons (Fsp3) is 0.438. The number of anilines is 1. The second-order valence-electron chi connectivity index (χ2n) is 5.70. The zero-order valence-electron chi connectivity index (χ0n) is 11.9. The Morgan fingerprint density at radius 3 is 2.75 bits per heavy atom. The molecule has 1 heterocycles. The lowest BCUT2D eigenvalue weighted by Crippen LogP contribution is -2.38. The number of fused-ring (bicyclic) bond motifs is 1. The fourth-order valence-corrected chi connectivity index (χ4v) is 3.12. The summed E-state index contributed by atoms with van der Waals surface area (Å²) in [5.74, 6) is 0.0625. The van der Waals surface area contributed by atoms with Crippen LogP contribution in [-0.2, 0) is 0 Å². The number of nitrogens with zero attached hydrogens (tertiary/aromatic N) is 1. The van der Waals surface area contributed by atoms with Crippen molar-refractivity contribution in [1.82, 2.24) is 9.88 Å². The number of aromatic amines is 1. The number of hydrogen-bond donors (Lipinski definition) is 2. The predicted octanol–water partition coefficient (Wildman–Crippen LogP) is 3.15. The number of carbonyl (C=O) groups excluding carboxylic acids is 1. The molecular formula is C16H21N3O. The van der Waals surface area contributed by atoms with Crippen molar-refractivity contribution in [2.24, 2.45) is 0 Å². The first kappa shape index (κ1) is 13.0. The van der Waals surface area contributed by atoms with Crippen molar-refractivity contribution >= 4 is 22.5 Å². The molecule has 3 N–H and O–H groups in total. The number of aromatic nitrogens is 1. The number of nitrogens with two attached hydrogens (primary N) is 1. The molecule has 20 heavy (non-hydrogen) atoms. The molecule has 4 nitrogen and oxygen atoms in total. The molecule has 2 aromatic rings. The van der Waals surface area contributed by atoms with Crippen molar-refractivity contribution in [2.45, 2.75) is 38.1 Å². The average molecular weight is 271 g/mol. The van der Waals surface area contributed by atoms with Gasteiger partial charge in [0.05, 0.1) is 11.2 Å². The van der Waals surface area contributed by atoms with Crippen LogP contribution in [0.1, 0.15) is 42.6 Å². The number of H-pyrrole nitrogens is 1. The quantitative estimate of drug-likeness (QED) is 0.824. The Kier molecular flexibility index (Phi) is 3.38. The maximum atomic E-state index is 12.6. The molecule has 3 rings (SSSR count). The third-order valence-corrected chi connectivity index (χ3v) is 4.36. The smallest absolute Gasteiger partial charge is 0.270 e. The molecule has 1 amide bonds. The van der Waals surface area contributed by atoms with Crippen molar-refractivity contribution in [3.8, 4) is 0 Å². The Labute approximate surface area is 118 Å². The van der Waals surface area contributed by atoms with Crippen molar-refractivity contribution in [3.63, 3.8) is 0 Å². The van der Waals surface area contributed by atoms with Gasteiger partial charge in [0.1, 0.15) is 5.69 Å². The van der Waals surface area contributed by atoms with Crippen LogP contribution in [0.15, 0.2) is 24.3 Å². The summed E-state index contributed by atoms with van der Waals surface area (Å²) in [5.41, 5.74) is 8.10. The van der Waals surface area contributed by atoms with Gasteiger partial charge in [-0.05, 0) is 25.0 Å². The first-order valence-corrected chi connectivity index (χ1v) is 7.31. The monoisotopic (exact) mass is 271 g/mol. The van der Waals surface area contributed by atoms with E-state index in [1.54, 1.807) is 0 Å². The van der Waals surface area contributed by atoms with E-state index in [0.29, 0.717) is 17.4 Å². The highest BCUT2D eigenvalue weighted by Crippen LogP contribution is 2.25. The lowest BCUT2D eigenvalue weighted by molar-refractivity contribution is 0.0691. The average Bonchev–Trinajstić information content (AvgIpc) is 2.92. The van der Waals surface area contributed by atoms with Gasteiger partial charge in [-0.25, -0.2) is 0 Å². The van der Waals surface area contributed by atoms with E-state index < -0.39 is 0 Å². The summed E-state index contributed by atoms with van der Waals surface area (Å²) in [6.07, 6.45) is 5.97. The molecule has 0 radical (unpaired) electrons. The maximum absolute atomic E-state index is 12.6. The molecule has 1 aliphatic carbocycles. The largest absolute Gasteiger partial charge is 0.397 e. The summed E-state index contributed by atoms with van der Waals surface area (Å²) in [6, 6.07) is 8.00. The number of rotatable bonds is 2. The van der Waals surface area contributed by atoms with Gasteiger partial charge in [0.2, 0.25) is 0 Å².